The molecule has 1 N–H and O–H groups in total. The second kappa shape index (κ2) is 6.23. The molecule has 2 rings (SSSR count). The molecular weight excluding hydrogens is 345 g/mol. The van der Waals surface area contributed by atoms with Gasteiger partial charge in [-0.3, -0.25) is 0 Å². The number of aliphatic hydroxyl groups excluding tert-OH is 1. The number of aliphatic hydroxyl groups is 1. The lowest BCUT2D eigenvalue weighted by atomic mass is 10.4. The zero-order valence-electron chi connectivity index (χ0n) is 9.91. The van der Waals surface area contributed by atoms with Gasteiger partial charge >= 0.3 is 5.82 Å². The van der Waals surface area contributed by atoms with Gasteiger partial charge < -0.3 is 15.2 Å². The number of rotatable bonds is 4. The Balaban J connectivity index is 2.39. The number of aromatic nitrogens is 2. The van der Waals surface area contributed by atoms with Gasteiger partial charge in [-0.1, -0.05) is 34.5 Å². The fourth-order valence-electron chi connectivity index (χ4n) is 1.24. The van der Waals surface area contributed by atoms with Crippen LogP contribution in [-0.4, -0.2) is 20.0 Å². The Morgan fingerprint density at radius 1 is 1.55 bits per heavy atom. The predicted octanol–water partition coefficient (Wildman–Crippen LogP) is 3.96. The van der Waals surface area contributed by atoms with Crippen LogP contribution in [0.25, 0.3) is 0 Å². The smallest absolute Gasteiger partial charge is 0.384 e. The number of hydrogen-bond acceptors (Lipinski definition) is 7. The van der Waals surface area contributed by atoms with Crippen molar-refractivity contribution in [1.29, 1.82) is 0 Å². The highest BCUT2D eigenvalue weighted by Gasteiger charge is 2.26. The lowest BCUT2D eigenvalue weighted by molar-refractivity contribution is -0.391. The molecule has 2 heterocycles. The van der Waals surface area contributed by atoms with Crippen LogP contribution in [0.4, 0.5) is 5.82 Å². The number of nitrogens with zero attached hydrogens (tertiary/aromatic N) is 3. The molecule has 0 aliphatic rings. The Morgan fingerprint density at radius 2 is 2.25 bits per heavy atom. The van der Waals surface area contributed by atoms with E-state index in [0.29, 0.717) is 19.3 Å². The van der Waals surface area contributed by atoms with Crippen molar-refractivity contribution in [3.8, 4) is 0 Å². The first-order valence-corrected chi connectivity index (χ1v) is 7.59. The van der Waals surface area contributed by atoms with E-state index in [0.717, 1.165) is 23.1 Å². The lowest BCUT2D eigenvalue weighted by Crippen LogP contribution is -1.93. The van der Waals surface area contributed by atoms with Crippen LogP contribution in [0.5, 0.6) is 0 Å². The van der Waals surface area contributed by atoms with E-state index >= 15 is 0 Å². The van der Waals surface area contributed by atoms with Crippen molar-refractivity contribution in [2.45, 2.75) is 22.3 Å². The van der Waals surface area contributed by atoms with E-state index in [9.17, 15) is 15.2 Å². The van der Waals surface area contributed by atoms with Gasteiger partial charge in [-0.2, -0.15) is 0 Å². The quantitative estimate of drug-likeness (QED) is 0.662. The van der Waals surface area contributed by atoms with Gasteiger partial charge in [0.15, 0.2) is 4.21 Å². The molecule has 0 radical (unpaired) electrons. The first kappa shape index (κ1) is 15.5. The van der Waals surface area contributed by atoms with Crippen LogP contribution < -0.4 is 0 Å². The fraction of sp³-hybridized carbons (Fsp3) is 0.200. The summed E-state index contributed by atoms with van der Waals surface area (Å²) in [6.45, 7) is 1.49. The van der Waals surface area contributed by atoms with E-state index < -0.39 is 11.0 Å². The van der Waals surface area contributed by atoms with E-state index in [1.807, 2.05) is 0 Å². The highest BCUT2D eigenvalue weighted by Crippen LogP contribution is 2.42. The second-order valence-corrected chi connectivity index (χ2v) is 6.77. The van der Waals surface area contributed by atoms with Crippen LogP contribution in [-0.2, 0) is 0 Å². The molecule has 0 spiro atoms. The van der Waals surface area contributed by atoms with Crippen molar-refractivity contribution in [3.63, 3.8) is 0 Å². The molecule has 20 heavy (non-hydrogen) atoms. The predicted molar refractivity (Wildman–Crippen MR) is 77.8 cm³/mol. The zero-order valence-corrected chi connectivity index (χ0v) is 13.1. The maximum atomic E-state index is 11.0. The van der Waals surface area contributed by atoms with Crippen LogP contribution in [0.1, 0.15) is 18.0 Å². The molecule has 1 unspecified atom stereocenters. The van der Waals surface area contributed by atoms with E-state index in [-0.39, 0.29) is 10.8 Å². The van der Waals surface area contributed by atoms with E-state index in [4.69, 9.17) is 23.2 Å². The molecule has 0 amide bonds. The van der Waals surface area contributed by atoms with Gasteiger partial charge in [-0.25, -0.2) is 4.98 Å². The van der Waals surface area contributed by atoms with Crippen molar-refractivity contribution in [2.24, 2.45) is 0 Å². The highest BCUT2D eigenvalue weighted by molar-refractivity contribution is 8.01. The molecule has 6 nitrogen and oxygen atoms in total. The molecule has 0 aliphatic heterocycles. The number of nitro groups is 1. The van der Waals surface area contributed by atoms with Gasteiger partial charge in [0.05, 0.1) is 10.0 Å². The molecule has 0 saturated heterocycles. The Bertz CT molecular complexity index is 663. The molecule has 0 aromatic carbocycles. The summed E-state index contributed by atoms with van der Waals surface area (Å²) in [6, 6.07) is 1.50. The average molecular weight is 352 g/mol. The number of halogens is 2. The first-order valence-electron chi connectivity index (χ1n) is 5.20. The van der Waals surface area contributed by atoms with Gasteiger partial charge in [-0.15, -0.1) is 0 Å². The summed E-state index contributed by atoms with van der Waals surface area (Å²) in [5, 5.41) is 21.8. The van der Waals surface area contributed by atoms with Crippen molar-refractivity contribution in [2.75, 3.05) is 0 Å². The third-order valence-electron chi connectivity index (χ3n) is 2.09. The van der Waals surface area contributed by atoms with Crippen LogP contribution in [0.2, 0.25) is 10.0 Å². The Kier molecular flexibility index (Phi) is 4.82. The lowest BCUT2D eigenvalue weighted by Gasteiger charge is -2.00. The standard InChI is InChI=1S/C10H7Cl2N3O3S2/c1-4(16)8-14-7(15(17)18)10(19-8)20-9-6(12)2-5(11)3-13-9/h2-4,16H,1H3. The highest BCUT2D eigenvalue weighted by atomic mass is 35.5. The summed E-state index contributed by atoms with van der Waals surface area (Å²) in [6.07, 6.45) is 0.528. The molecule has 2 aromatic rings. The van der Waals surface area contributed by atoms with Crippen LogP contribution >= 0.6 is 46.3 Å². The monoisotopic (exact) mass is 351 g/mol. The molecular formula is C10H7Cl2N3O3S2. The summed E-state index contributed by atoms with van der Waals surface area (Å²) in [5.41, 5.74) is 0. The number of hydrogen-bond donors (Lipinski definition) is 1. The van der Waals surface area contributed by atoms with Crippen LogP contribution in [0, 0.1) is 10.1 Å². The molecule has 10 heteroatoms. The van der Waals surface area contributed by atoms with E-state index in [1.54, 1.807) is 0 Å². The van der Waals surface area contributed by atoms with Crippen molar-refractivity contribution in [1.82, 2.24) is 9.97 Å². The molecule has 2 aromatic heterocycles. The largest absolute Gasteiger partial charge is 0.389 e. The molecule has 106 valence electrons. The average Bonchev–Trinajstić information content (AvgIpc) is 2.77. The topological polar surface area (TPSA) is 89.2 Å². The summed E-state index contributed by atoms with van der Waals surface area (Å²) in [5.74, 6) is -0.316. The number of pyridine rings is 1. The van der Waals surface area contributed by atoms with Crippen molar-refractivity contribution >= 4 is 52.1 Å². The first-order chi connectivity index (χ1) is 9.38. The number of thiazole rings is 1. The zero-order chi connectivity index (χ0) is 14.9. The second-order valence-electron chi connectivity index (χ2n) is 3.64. The molecule has 0 bridgehead atoms. The molecule has 0 aliphatic carbocycles. The summed E-state index contributed by atoms with van der Waals surface area (Å²) in [7, 11) is 0. The van der Waals surface area contributed by atoms with Crippen LogP contribution in [0.15, 0.2) is 21.5 Å². The maximum Gasteiger partial charge on any atom is 0.389 e. The summed E-state index contributed by atoms with van der Waals surface area (Å²) in [4.78, 5) is 18.2. The van der Waals surface area contributed by atoms with Gasteiger partial charge in [0, 0.05) is 6.20 Å². The Labute approximate surface area is 131 Å². The minimum atomic E-state index is -0.873. The molecule has 0 saturated carbocycles. The van der Waals surface area contributed by atoms with Crippen LogP contribution in [0.3, 0.4) is 0 Å². The fourth-order valence-corrected chi connectivity index (χ4v) is 3.75. The minimum Gasteiger partial charge on any atom is -0.384 e. The maximum absolute atomic E-state index is 11.0. The third-order valence-corrected chi connectivity index (χ3v) is 5.09. The Hall–Kier alpha value is -0.930. The van der Waals surface area contributed by atoms with E-state index in [1.165, 1.54) is 19.2 Å². The van der Waals surface area contributed by atoms with Crippen molar-refractivity contribution in [3.05, 3.63) is 37.4 Å². The summed E-state index contributed by atoms with van der Waals surface area (Å²) < 4.78 is 0.308. The summed E-state index contributed by atoms with van der Waals surface area (Å²) >= 11 is 13.8. The van der Waals surface area contributed by atoms with Crippen molar-refractivity contribution < 1.29 is 10.0 Å². The molecule has 1 atom stereocenters. The van der Waals surface area contributed by atoms with E-state index in [2.05, 4.69) is 9.97 Å². The van der Waals surface area contributed by atoms with Gasteiger partial charge in [0.25, 0.3) is 0 Å². The van der Waals surface area contributed by atoms with Gasteiger partial charge in [-0.05, 0) is 34.7 Å². The third kappa shape index (κ3) is 3.39. The van der Waals surface area contributed by atoms with Gasteiger partial charge in [0.1, 0.15) is 11.1 Å². The van der Waals surface area contributed by atoms with Gasteiger partial charge in [0.2, 0.25) is 5.01 Å². The molecule has 0 fully saturated rings. The SMILES string of the molecule is CC(O)c1nc([N+](=O)[O-])c(Sc2ncc(Cl)cc2Cl)s1. The Morgan fingerprint density at radius 3 is 2.80 bits per heavy atom. The minimum absolute atomic E-state index is 0.268. The normalized spacial score (nSPS) is 12.4.